The Balaban J connectivity index is 1.93. The van der Waals surface area contributed by atoms with Gasteiger partial charge < -0.3 is 15.0 Å². The Morgan fingerprint density at radius 1 is 1.40 bits per heavy atom. The molecule has 2 heterocycles. The summed E-state index contributed by atoms with van der Waals surface area (Å²) in [5.41, 5.74) is 0.787. The second kappa shape index (κ2) is 5.96. The number of carbonyl (C=O) groups is 2. The van der Waals surface area contributed by atoms with Crippen molar-refractivity contribution in [2.75, 3.05) is 0 Å². The highest BCUT2D eigenvalue weighted by molar-refractivity contribution is 5.86. The number of hydrogen-bond acceptors (Lipinski definition) is 4. The van der Waals surface area contributed by atoms with Gasteiger partial charge in [-0.3, -0.25) is 4.79 Å². The standard InChI is InChI=1S/C13H14N4O3/c1-9-14-5-4-10(16-9)7-15-12(18)8-17-6-2-3-11(17)13(19)20/h2-6H,7-8H2,1H3,(H,15,18)(H,19,20). The molecule has 0 bridgehead atoms. The first kappa shape index (κ1) is 13.7. The van der Waals surface area contributed by atoms with Gasteiger partial charge in [0.05, 0.1) is 12.2 Å². The molecule has 0 saturated carbocycles. The molecule has 2 rings (SSSR count). The zero-order valence-electron chi connectivity index (χ0n) is 10.9. The summed E-state index contributed by atoms with van der Waals surface area (Å²) in [5, 5.41) is 11.6. The topological polar surface area (TPSA) is 97.1 Å². The third kappa shape index (κ3) is 3.41. The van der Waals surface area contributed by atoms with Crippen LogP contribution in [0.4, 0.5) is 0 Å². The van der Waals surface area contributed by atoms with Crippen LogP contribution in [0.25, 0.3) is 0 Å². The Morgan fingerprint density at radius 2 is 2.20 bits per heavy atom. The highest BCUT2D eigenvalue weighted by Gasteiger charge is 2.11. The van der Waals surface area contributed by atoms with Crippen LogP contribution in [0, 0.1) is 6.92 Å². The van der Waals surface area contributed by atoms with Crippen LogP contribution in [0.3, 0.4) is 0 Å². The lowest BCUT2D eigenvalue weighted by atomic mass is 10.4. The molecule has 0 atom stereocenters. The quantitative estimate of drug-likeness (QED) is 0.832. The van der Waals surface area contributed by atoms with Crippen LogP contribution >= 0.6 is 0 Å². The maximum Gasteiger partial charge on any atom is 0.352 e. The van der Waals surface area contributed by atoms with Crippen LogP contribution in [0.2, 0.25) is 0 Å². The minimum absolute atomic E-state index is 0.0430. The van der Waals surface area contributed by atoms with E-state index < -0.39 is 5.97 Å². The summed E-state index contributed by atoms with van der Waals surface area (Å²) in [4.78, 5) is 30.8. The summed E-state index contributed by atoms with van der Waals surface area (Å²) in [5.74, 6) is -0.704. The van der Waals surface area contributed by atoms with Crippen LogP contribution < -0.4 is 5.32 Å². The lowest BCUT2D eigenvalue weighted by Crippen LogP contribution is -2.28. The Morgan fingerprint density at radius 3 is 2.90 bits per heavy atom. The summed E-state index contributed by atoms with van der Waals surface area (Å²) in [6.45, 7) is 2.01. The van der Waals surface area contributed by atoms with Crippen molar-refractivity contribution in [3.05, 3.63) is 47.8 Å². The first-order valence-corrected chi connectivity index (χ1v) is 6.00. The van der Waals surface area contributed by atoms with Crippen molar-refractivity contribution in [2.45, 2.75) is 20.0 Å². The number of nitrogens with zero attached hydrogens (tertiary/aromatic N) is 3. The number of aromatic carboxylic acids is 1. The molecule has 0 spiro atoms. The first-order valence-electron chi connectivity index (χ1n) is 6.00. The van der Waals surface area contributed by atoms with Crippen molar-refractivity contribution < 1.29 is 14.7 Å². The molecule has 0 saturated heterocycles. The van der Waals surface area contributed by atoms with Gasteiger partial charge in [-0.05, 0) is 25.1 Å². The van der Waals surface area contributed by atoms with Gasteiger partial charge in [-0.1, -0.05) is 0 Å². The van der Waals surface area contributed by atoms with Crippen LogP contribution in [0.5, 0.6) is 0 Å². The van der Waals surface area contributed by atoms with Gasteiger partial charge >= 0.3 is 5.97 Å². The molecule has 7 nitrogen and oxygen atoms in total. The second-order valence-corrected chi connectivity index (χ2v) is 4.20. The molecule has 2 aromatic rings. The summed E-state index contributed by atoms with van der Waals surface area (Å²) in [7, 11) is 0. The Labute approximate surface area is 115 Å². The average Bonchev–Trinajstić information content (AvgIpc) is 2.85. The van der Waals surface area contributed by atoms with Gasteiger partial charge in [-0.25, -0.2) is 14.8 Å². The molecule has 0 aliphatic heterocycles. The summed E-state index contributed by atoms with van der Waals surface area (Å²) >= 11 is 0. The van der Waals surface area contributed by atoms with E-state index in [9.17, 15) is 9.59 Å². The predicted molar refractivity (Wildman–Crippen MR) is 70.0 cm³/mol. The van der Waals surface area contributed by atoms with Gasteiger partial charge in [-0.2, -0.15) is 0 Å². The molecular weight excluding hydrogens is 260 g/mol. The lowest BCUT2D eigenvalue weighted by molar-refractivity contribution is -0.121. The minimum Gasteiger partial charge on any atom is -0.477 e. The molecule has 2 aromatic heterocycles. The number of amides is 1. The third-order valence-corrected chi connectivity index (χ3v) is 2.66. The van der Waals surface area contributed by atoms with Crippen LogP contribution in [0.15, 0.2) is 30.6 Å². The number of carboxylic acid groups (broad SMARTS) is 1. The molecule has 0 aliphatic carbocycles. The van der Waals surface area contributed by atoms with Crippen molar-refractivity contribution in [3.63, 3.8) is 0 Å². The molecule has 0 aromatic carbocycles. The number of nitrogens with one attached hydrogen (secondary N) is 1. The van der Waals surface area contributed by atoms with E-state index in [0.717, 1.165) is 0 Å². The van der Waals surface area contributed by atoms with Gasteiger partial charge in [-0.15, -0.1) is 0 Å². The molecular formula is C13H14N4O3. The molecule has 20 heavy (non-hydrogen) atoms. The normalized spacial score (nSPS) is 10.2. The second-order valence-electron chi connectivity index (χ2n) is 4.20. The molecule has 7 heteroatoms. The smallest absolute Gasteiger partial charge is 0.352 e. The predicted octanol–water partition coefficient (Wildman–Crippen LogP) is 0.601. The lowest BCUT2D eigenvalue weighted by Gasteiger charge is -2.07. The van der Waals surface area contributed by atoms with Gasteiger partial charge in [0.2, 0.25) is 5.91 Å². The van der Waals surface area contributed by atoms with Crippen molar-refractivity contribution >= 4 is 11.9 Å². The van der Waals surface area contributed by atoms with Gasteiger partial charge in [0, 0.05) is 12.4 Å². The van der Waals surface area contributed by atoms with Gasteiger partial charge in [0.25, 0.3) is 0 Å². The van der Waals surface area contributed by atoms with Gasteiger partial charge in [0.1, 0.15) is 18.1 Å². The van der Waals surface area contributed by atoms with Crippen molar-refractivity contribution in [1.29, 1.82) is 0 Å². The fourth-order valence-electron chi connectivity index (χ4n) is 1.75. The fraction of sp³-hybridized carbons (Fsp3) is 0.231. The van der Waals surface area contributed by atoms with Crippen LogP contribution in [0.1, 0.15) is 22.0 Å². The van der Waals surface area contributed by atoms with E-state index in [1.165, 1.54) is 10.6 Å². The van der Waals surface area contributed by atoms with Crippen LogP contribution in [-0.4, -0.2) is 31.5 Å². The number of aryl methyl sites for hydroxylation is 1. The number of rotatable bonds is 5. The van der Waals surface area contributed by atoms with Crippen LogP contribution in [-0.2, 0) is 17.9 Å². The Hall–Kier alpha value is -2.70. The molecule has 104 valence electrons. The summed E-state index contributed by atoms with van der Waals surface area (Å²) in [6.07, 6.45) is 3.18. The van der Waals surface area contributed by atoms with Crippen molar-refractivity contribution in [2.24, 2.45) is 0 Å². The maximum atomic E-state index is 11.8. The molecule has 1 amide bonds. The number of aromatic nitrogens is 3. The van der Waals surface area contributed by atoms with E-state index >= 15 is 0 Å². The number of carbonyl (C=O) groups excluding carboxylic acids is 1. The SMILES string of the molecule is Cc1nccc(CNC(=O)Cn2cccc2C(=O)O)n1. The molecule has 2 N–H and O–H groups in total. The van der Waals surface area contributed by atoms with E-state index in [-0.39, 0.29) is 24.7 Å². The highest BCUT2D eigenvalue weighted by Crippen LogP contribution is 2.02. The van der Waals surface area contributed by atoms with E-state index in [2.05, 4.69) is 15.3 Å². The first-order chi connectivity index (χ1) is 9.56. The molecule has 0 unspecified atom stereocenters. The summed E-state index contributed by atoms with van der Waals surface area (Å²) in [6, 6.07) is 4.75. The van der Waals surface area contributed by atoms with E-state index in [0.29, 0.717) is 11.5 Å². The highest BCUT2D eigenvalue weighted by atomic mass is 16.4. The molecule has 0 fully saturated rings. The maximum absolute atomic E-state index is 11.8. The average molecular weight is 274 g/mol. The van der Waals surface area contributed by atoms with E-state index in [4.69, 9.17) is 5.11 Å². The monoisotopic (exact) mass is 274 g/mol. The van der Waals surface area contributed by atoms with Gasteiger partial charge in [0.15, 0.2) is 0 Å². The van der Waals surface area contributed by atoms with E-state index in [1.54, 1.807) is 31.5 Å². The minimum atomic E-state index is -1.06. The largest absolute Gasteiger partial charge is 0.477 e. The Bertz CT molecular complexity index is 636. The number of carboxylic acids is 1. The van der Waals surface area contributed by atoms with Crippen molar-refractivity contribution in [3.8, 4) is 0 Å². The fourth-order valence-corrected chi connectivity index (χ4v) is 1.75. The molecule has 0 aliphatic rings. The zero-order chi connectivity index (χ0) is 14.5. The Kier molecular flexibility index (Phi) is 4.09. The van der Waals surface area contributed by atoms with Crippen molar-refractivity contribution in [1.82, 2.24) is 19.9 Å². The zero-order valence-corrected chi connectivity index (χ0v) is 10.9. The summed E-state index contributed by atoms with van der Waals surface area (Å²) < 4.78 is 1.38. The number of hydrogen-bond donors (Lipinski definition) is 2. The third-order valence-electron chi connectivity index (χ3n) is 2.66. The van der Waals surface area contributed by atoms with E-state index in [1.807, 2.05) is 0 Å². The molecule has 0 radical (unpaired) electrons.